The number of imidazole rings is 1. The monoisotopic (exact) mass is 333 g/mol. The molecule has 1 aliphatic rings. The van der Waals surface area contributed by atoms with Crippen molar-refractivity contribution in [1.82, 2.24) is 14.9 Å². The predicted molar refractivity (Wildman–Crippen MR) is 94.8 cm³/mol. The summed E-state index contributed by atoms with van der Waals surface area (Å²) in [6, 6.07) is 15.7. The van der Waals surface area contributed by atoms with Gasteiger partial charge in [-0.25, -0.2) is 4.98 Å². The number of amides is 1. The first kappa shape index (κ1) is 15.4. The lowest BCUT2D eigenvalue weighted by Gasteiger charge is -2.18. The van der Waals surface area contributed by atoms with Crippen molar-refractivity contribution in [1.29, 1.82) is 0 Å². The summed E-state index contributed by atoms with van der Waals surface area (Å²) in [5, 5.41) is 3.11. The highest BCUT2D eigenvalue weighted by atomic mass is 16.5. The van der Waals surface area contributed by atoms with Gasteiger partial charge in [-0.1, -0.05) is 30.3 Å². The third kappa shape index (κ3) is 3.01. The Bertz CT molecular complexity index is 889. The molecule has 5 nitrogen and oxygen atoms in total. The van der Waals surface area contributed by atoms with E-state index in [1.54, 1.807) is 12.5 Å². The molecule has 0 aliphatic carbocycles. The molecular weight excluding hydrogens is 314 g/mol. The molecule has 0 saturated carbocycles. The molecule has 0 radical (unpaired) electrons. The number of benzene rings is 2. The van der Waals surface area contributed by atoms with Gasteiger partial charge >= 0.3 is 0 Å². The van der Waals surface area contributed by atoms with Crippen LogP contribution < -0.4 is 10.1 Å². The SMILES string of the molecule is CC(NC(=O)C1COc2ccccc21)c1cccc(-n2ccnc2)c1. The van der Waals surface area contributed by atoms with E-state index in [0.717, 1.165) is 22.6 Å². The summed E-state index contributed by atoms with van der Waals surface area (Å²) in [6.45, 7) is 2.39. The van der Waals surface area contributed by atoms with Gasteiger partial charge in [0, 0.05) is 23.6 Å². The number of carbonyl (C=O) groups excluding carboxylic acids is 1. The van der Waals surface area contributed by atoms with Gasteiger partial charge in [0.1, 0.15) is 18.3 Å². The van der Waals surface area contributed by atoms with Crippen LogP contribution in [0.3, 0.4) is 0 Å². The maximum absolute atomic E-state index is 12.7. The zero-order valence-corrected chi connectivity index (χ0v) is 13.9. The molecule has 25 heavy (non-hydrogen) atoms. The molecule has 2 aromatic carbocycles. The van der Waals surface area contributed by atoms with Crippen molar-refractivity contribution < 1.29 is 9.53 Å². The van der Waals surface area contributed by atoms with Gasteiger partial charge in [0.2, 0.25) is 5.91 Å². The lowest BCUT2D eigenvalue weighted by atomic mass is 9.99. The van der Waals surface area contributed by atoms with Crippen molar-refractivity contribution in [2.75, 3.05) is 6.61 Å². The Balaban J connectivity index is 1.50. The van der Waals surface area contributed by atoms with Crippen LogP contribution in [0.4, 0.5) is 0 Å². The smallest absolute Gasteiger partial charge is 0.231 e. The molecule has 0 spiro atoms. The van der Waals surface area contributed by atoms with E-state index in [0.29, 0.717) is 6.61 Å². The van der Waals surface area contributed by atoms with Crippen LogP contribution in [0.2, 0.25) is 0 Å². The van der Waals surface area contributed by atoms with E-state index in [9.17, 15) is 4.79 Å². The standard InChI is InChI=1S/C20H19N3O2/c1-14(15-5-4-6-16(11-15)23-10-9-21-13-23)22-20(24)18-12-25-19-8-3-2-7-17(18)19/h2-11,13-14,18H,12H2,1H3,(H,22,24). The highest BCUT2D eigenvalue weighted by molar-refractivity contribution is 5.85. The maximum atomic E-state index is 12.7. The zero-order valence-electron chi connectivity index (χ0n) is 13.9. The molecule has 1 amide bonds. The van der Waals surface area contributed by atoms with E-state index in [1.807, 2.05) is 60.2 Å². The average molecular weight is 333 g/mol. The Morgan fingerprint density at radius 3 is 3.00 bits per heavy atom. The number of nitrogens with one attached hydrogen (secondary N) is 1. The summed E-state index contributed by atoms with van der Waals surface area (Å²) in [5.74, 6) is 0.540. The van der Waals surface area contributed by atoms with Crippen molar-refractivity contribution in [3.05, 3.63) is 78.4 Å². The second-order valence-electron chi connectivity index (χ2n) is 6.20. The van der Waals surface area contributed by atoms with Gasteiger partial charge in [0.05, 0.1) is 12.4 Å². The largest absolute Gasteiger partial charge is 0.492 e. The summed E-state index contributed by atoms with van der Waals surface area (Å²) in [6.07, 6.45) is 5.40. The Labute approximate surface area is 146 Å². The van der Waals surface area contributed by atoms with Gasteiger partial charge in [-0.15, -0.1) is 0 Å². The number of hydrogen-bond donors (Lipinski definition) is 1. The summed E-state index contributed by atoms with van der Waals surface area (Å²) >= 11 is 0. The van der Waals surface area contributed by atoms with Crippen molar-refractivity contribution in [2.45, 2.75) is 18.9 Å². The number of carbonyl (C=O) groups is 1. The normalized spacial score (nSPS) is 16.8. The number of hydrogen-bond acceptors (Lipinski definition) is 3. The molecule has 1 N–H and O–H groups in total. The lowest BCUT2D eigenvalue weighted by molar-refractivity contribution is -0.123. The van der Waals surface area contributed by atoms with Crippen LogP contribution in [0.15, 0.2) is 67.3 Å². The van der Waals surface area contributed by atoms with E-state index in [1.165, 1.54) is 0 Å². The minimum atomic E-state index is -0.254. The van der Waals surface area contributed by atoms with Gasteiger partial charge in [0.15, 0.2) is 0 Å². The number of aromatic nitrogens is 2. The van der Waals surface area contributed by atoms with Crippen LogP contribution in [0.25, 0.3) is 5.69 Å². The fourth-order valence-electron chi connectivity index (χ4n) is 3.14. The molecule has 0 fully saturated rings. The number of nitrogens with zero attached hydrogens (tertiary/aromatic N) is 2. The first-order chi connectivity index (χ1) is 12.2. The molecule has 2 heterocycles. The molecule has 2 unspecified atom stereocenters. The van der Waals surface area contributed by atoms with E-state index in [4.69, 9.17) is 4.74 Å². The second-order valence-corrected chi connectivity index (χ2v) is 6.20. The molecule has 1 aromatic heterocycles. The van der Waals surface area contributed by atoms with E-state index >= 15 is 0 Å². The Kier molecular flexibility index (Phi) is 3.98. The minimum absolute atomic E-state index is 0.00881. The fraction of sp³-hybridized carbons (Fsp3) is 0.200. The summed E-state index contributed by atoms with van der Waals surface area (Å²) < 4.78 is 7.56. The molecule has 0 bridgehead atoms. The van der Waals surface area contributed by atoms with E-state index < -0.39 is 0 Å². The second kappa shape index (κ2) is 6.43. The zero-order chi connectivity index (χ0) is 17.2. The number of para-hydroxylation sites is 1. The van der Waals surface area contributed by atoms with Crippen molar-refractivity contribution in [3.8, 4) is 11.4 Å². The number of fused-ring (bicyclic) bond motifs is 1. The molecule has 3 aromatic rings. The Morgan fingerprint density at radius 2 is 2.16 bits per heavy atom. The molecule has 0 saturated heterocycles. The van der Waals surface area contributed by atoms with Gasteiger partial charge in [0.25, 0.3) is 0 Å². The Hall–Kier alpha value is -3.08. The molecular formula is C20H19N3O2. The maximum Gasteiger partial charge on any atom is 0.231 e. The van der Waals surface area contributed by atoms with E-state index in [-0.39, 0.29) is 17.9 Å². The van der Waals surface area contributed by atoms with Gasteiger partial charge < -0.3 is 14.6 Å². The predicted octanol–water partition coefficient (Wildman–Crippen LogP) is 3.23. The first-order valence-corrected chi connectivity index (χ1v) is 8.33. The van der Waals surface area contributed by atoms with Crippen LogP contribution in [0, 0.1) is 0 Å². The van der Waals surface area contributed by atoms with E-state index in [2.05, 4.69) is 16.4 Å². The van der Waals surface area contributed by atoms with Crippen LogP contribution in [0.5, 0.6) is 5.75 Å². The molecule has 5 heteroatoms. The number of rotatable bonds is 4. The van der Waals surface area contributed by atoms with Gasteiger partial charge in [-0.3, -0.25) is 4.79 Å². The molecule has 2 atom stereocenters. The van der Waals surface area contributed by atoms with Gasteiger partial charge in [-0.2, -0.15) is 0 Å². The average Bonchev–Trinajstić information content (AvgIpc) is 3.31. The summed E-state index contributed by atoms with van der Waals surface area (Å²) in [7, 11) is 0. The summed E-state index contributed by atoms with van der Waals surface area (Å²) in [5.41, 5.74) is 3.02. The highest BCUT2D eigenvalue weighted by Crippen LogP contribution is 2.34. The van der Waals surface area contributed by atoms with Crippen molar-refractivity contribution in [3.63, 3.8) is 0 Å². The lowest BCUT2D eigenvalue weighted by Crippen LogP contribution is -2.32. The van der Waals surface area contributed by atoms with Crippen LogP contribution in [-0.4, -0.2) is 22.1 Å². The quantitative estimate of drug-likeness (QED) is 0.797. The molecule has 4 rings (SSSR count). The molecule has 126 valence electrons. The third-order valence-electron chi connectivity index (χ3n) is 4.55. The first-order valence-electron chi connectivity index (χ1n) is 8.33. The topological polar surface area (TPSA) is 56.1 Å². The number of ether oxygens (including phenoxy) is 1. The van der Waals surface area contributed by atoms with Crippen LogP contribution in [-0.2, 0) is 4.79 Å². The fourth-order valence-corrected chi connectivity index (χ4v) is 3.14. The van der Waals surface area contributed by atoms with Crippen molar-refractivity contribution >= 4 is 5.91 Å². The molecule has 1 aliphatic heterocycles. The Morgan fingerprint density at radius 1 is 1.28 bits per heavy atom. The van der Waals surface area contributed by atoms with Crippen molar-refractivity contribution in [2.24, 2.45) is 0 Å². The highest BCUT2D eigenvalue weighted by Gasteiger charge is 2.30. The van der Waals surface area contributed by atoms with Crippen LogP contribution >= 0.6 is 0 Å². The van der Waals surface area contributed by atoms with Crippen LogP contribution in [0.1, 0.15) is 30.0 Å². The minimum Gasteiger partial charge on any atom is -0.492 e. The third-order valence-corrected chi connectivity index (χ3v) is 4.55. The van der Waals surface area contributed by atoms with Gasteiger partial charge in [-0.05, 0) is 30.7 Å². The summed E-state index contributed by atoms with van der Waals surface area (Å²) in [4.78, 5) is 16.8.